The third-order valence-corrected chi connectivity index (χ3v) is 17.7. The van der Waals surface area contributed by atoms with E-state index in [1.54, 1.807) is 7.11 Å². The second-order valence-corrected chi connectivity index (χ2v) is 23.8. The van der Waals surface area contributed by atoms with Crippen molar-refractivity contribution in [3.63, 3.8) is 0 Å². The minimum Gasteiger partial charge on any atom is -0.375 e. The van der Waals surface area contributed by atoms with E-state index in [0.717, 1.165) is 81.7 Å². The molecule has 0 amide bonds. The Balaban J connectivity index is 0.000000140. The lowest BCUT2D eigenvalue weighted by Crippen LogP contribution is -2.20. The van der Waals surface area contributed by atoms with Gasteiger partial charge in [-0.15, -0.1) is 0 Å². The molecule has 0 bridgehead atoms. The molecule has 4 unspecified atom stereocenters. The van der Waals surface area contributed by atoms with Gasteiger partial charge >= 0.3 is 0 Å². The molecule has 88 heavy (non-hydrogen) atoms. The Morgan fingerprint density at radius 2 is 0.636 bits per heavy atom. The van der Waals surface area contributed by atoms with Gasteiger partial charge in [0.05, 0.1) is 45.6 Å². The van der Waals surface area contributed by atoms with Gasteiger partial charge in [0.2, 0.25) is 0 Å². The van der Waals surface area contributed by atoms with Crippen molar-refractivity contribution in [3.8, 4) is 45.0 Å². The maximum absolute atomic E-state index is 6.34. The molecule has 12 rings (SSSR count). The summed E-state index contributed by atoms with van der Waals surface area (Å²) in [7, 11) is 5.37. The highest BCUT2D eigenvalue weighted by Gasteiger charge is 2.29. The molecule has 4 aromatic heterocycles. The summed E-state index contributed by atoms with van der Waals surface area (Å²) in [5.41, 5.74) is 14.2. The van der Waals surface area contributed by atoms with Crippen molar-refractivity contribution < 1.29 is 18.9 Å². The molecule has 3 fully saturated rings. The van der Waals surface area contributed by atoms with Gasteiger partial charge in [-0.2, -0.15) is 0 Å². The Bertz CT molecular complexity index is 3230. The van der Waals surface area contributed by atoms with E-state index in [-0.39, 0.29) is 24.4 Å². The Labute approximate surface area is 526 Å². The number of benzene rings is 5. The van der Waals surface area contributed by atoms with Crippen molar-refractivity contribution in [2.24, 2.45) is 17.8 Å². The number of hydrogen-bond donors (Lipinski definition) is 0. The Morgan fingerprint density at radius 3 is 0.966 bits per heavy atom. The molecule has 3 aliphatic rings. The van der Waals surface area contributed by atoms with Gasteiger partial charge in [-0.3, -0.25) is 19.9 Å². The summed E-state index contributed by atoms with van der Waals surface area (Å²) in [6.07, 6.45) is 23.1. The molecule has 5 aromatic carbocycles. The number of hydrogen-bond acceptors (Lipinski definition) is 8. The van der Waals surface area contributed by atoms with Crippen LogP contribution in [-0.4, -0.2) is 47.9 Å². The molecule has 4 atom stereocenters. The fraction of sp³-hybridized carbons (Fsp3) is 0.375. The van der Waals surface area contributed by atoms with E-state index in [1.165, 1.54) is 114 Å². The fourth-order valence-electron chi connectivity index (χ4n) is 12.9. The van der Waals surface area contributed by atoms with Gasteiger partial charge in [-0.1, -0.05) is 247 Å². The smallest absolute Gasteiger partial charge is 0.103 e. The molecule has 3 aliphatic carbocycles. The first kappa shape index (κ1) is 65.0. The van der Waals surface area contributed by atoms with E-state index in [4.69, 9.17) is 38.9 Å². The summed E-state index contributed by atoms with van der Waals surface area (Å²) in [6, 6.07) is 76.8. The molecule has 3 saturated carbocycles. The third kappa shape index (κ3) is 19.5. The molecule has 0 aliphatic heterocycles. The number of methoxy groups -OCH3 is 3. The zero-order chi connectivity index (χ0) is 60.8. The van der Waals surface area contributed by atoms with E-state index in [9.17, 15) is 0 Å². The molecular formula is C80H94N4O4. The van der Waals surface area contributed by atoms with Crippen LogP contribution in [0.1, 0.15) is 169 Å². The van der Waals surface area contributed by atoms with Gasteiger partial charge in [0.25, 0.3) is 0 Å². The lowest BCUT2D eigenvalue weighted by atomic mass is 9.84. The molecule has 9 aromatic rings. The number of nitrogens with zero attached hydrogens (tertiary/aromatic N) is 4. The Morgan fingerprint density at radius 1 is 0.330 bits per heavy atom. The molecule has 0 N–H and O–H groups in total. The molecule has 0 saturated heterocycles. The van der Waals surface area contributed by atoms with Gasteiger partial charge < -0.3 is 18.9 Å². The van der Waals surface area contributed by atoms with Crippen molar-refractivity contribution in [2.45, 2.75) is 147 Å². The number of pyridine rings is 4. The van der Waals surface area contributed by atoms with Crippen molar-refractivity contribution >= 4 is 0 Å². The maximum Gasteiger partial charge on any atom is 0.103 e. The summed E-state index contributed by atoms with van der Waals surface area (Å²) in [5.74, 6) is 1.85. The van der Waals surface area contributed by atoms with E-state index >= 15 is 0 Å². The zero-order valence-corrected chi connectivity index (χ0v) is 52.8. The molecule has 8 heteroatoms. The number of unbranched alkanes of at least 4 members (excludes halogenated alkanes) is 1. The normalized spacial score (nSPS) is 16.0. The first-order chi connectivity index (χ1) is 43.5. The van der Waals surface area contributed by atoms with Crippen molar-refractivity contribution in [1.29, 1.82) is 0 Å². The largest absolute Gasteiger partial charge is 0.375 e. The van der Waals surface area contributed by atoms with Gasteiger partial charge in [-0.25, -0.2) is 0 Å². The van der Waals surface area contributed by atoms with Crippen molar-refractivity contribution in [1.82, 2.24) is 19.9 Å². The topological polar surface area (TPSA) is 88.5 Å². The van der Waals surface area contributed by atoms with Gasteiger partial charge in [0, 0.05) is 56.6 Å². The van der Waals surface area contributed by atoms with Crippen LogP contribution in [0.4, 0.5) is 0 Å². The van der Waals surface area contributed by atoms with Crippen LogP contribution in [0.5, 0.6) is 0 Å². The molecule has 0 radical (unpaired) electrons. The zero-order valence-electron chi connectivity index (χ0n) is 52.8. The number of ether oxygens (including phenoxy) is 4. The van der Waals surface area contributed by atoms with E-state index in [0.29, 0.717) is 17.8 Å². The molecule has 0 spiro atoms. The summed E-state index contributed by atoms with van der Waals surface area (Å²) < 4.78 is 23.6. The Hall–Kier alpha value is -7.46. The SMILES string of the molecule is CCCCOC(c1cccc(-c2ccccc2)n1)C1CCCCC1.COC(Cc1ccccc1)c1cccc(-c2ccccc2)n1.COC(c1cccc(-c2ccccc2)n1)C1CCCCC1.COC(c1cccc(-c2ccccc2)n1)C1CCCCC1. The van der Waals surface area contributed by atoms with Crippen LogP contribution in [0.2, 0.25) is 0 Å². The highest BCUT2D eigenvalue weighted by Crippen LogP contribution is 2.40. The van der Waals surface area contributed by atoms with Crippen LogP contribution < -0.4 is 0 Å². The monoisotopic (exact) mass is 1170 g/mol. The molecule has 4 heterocycles. The maximum atomic E-state index is 6.34. The fourth-order valence-corrected chi connectivity index (χ4v) is 12.9. The highest BCUT2D eigenvalue weighted by atomic mass is 16.5. The minimum absolute atomic E-state index is 0.0361. The summed E-state index contributed by atoms with van der Waals surface area (Å²) in [6.45, 7) is 3.06. The second kappa shape index (κ2) is 36.1. The van der Waals surface area contributed by atoms with Crippen molar-refractivity contribution in [3.05, 3.63) is 253 Å². The van der Waals surface area contributed by atoms with Crippen LogP contribution >= 0.6 is 0 Å². The van der Waals surface area contributed by atoms with Gasteiger partial charge in [-0.05, 0) is 117 Å². The van der Waals surface area contributed by atoms with Crippen LogP contribution in [-0.2, 0) is 25.4 Å². The first-order valence-electron chi connectivity index (χ1n) is 32.8. The minimum atomic E-state index is -0.0361. The average molecular weight is 1180 g/mol. The predicted molar refractivity (Wildman–Crippen MR) is 361 cm³/mol. The van der Waals surface area contributed by atoms with Gasteiger partial charge in [0.15, 0.2) is 0 Å². The Kier molecular flexibility index (Phi) is 26.7. The summed E-state index contributed by atoms with van der Waals surface area (Å²) in [5, 5.41) is 0. The van der Waals surface area contributed by atoms with Crippen LogP contribution in [0.25, 0.3) is 45.0 Å². The summed E-state index contributed by atoms with van der Waals surface area (Å²) in [4.78, 5) is 19.5. The molecular weight excluding hydrogens is 1080 g/mol. The van der Waals surface area contributed by atoms with Gasteiger partial charge in [0.1, 0.15) is 24.4 Å². The lowest BCUT2D eigenvalue weighted by Gasteiger charge is -2.30. The summed E-state index contributed by atoms with van der Waals surface area (Å²) >= 11 is 0. The molecule has 458 valence electrons. The highest BCUT2D eigenvalue weighted by molar-refractivity contribution is 5.61. The van der Waals surface area contributed by atoms with E-state index in [1.807, 2.05) is 74.9 Å². The third-order valence-electron chi connectivity index (χ3n) is 17.7. The van der Waals surface area contributed by atoms with Crippen molar-refractivity contribution in [2.75, 3.05) is 27.9 Å². The lowest BCUT2D eigenvalue weighted by molar-refractivity contribution is -0.00536. The van der Waals surface area contributed by atoms with E-state index < -0.39 is 0 Å². The van der Waals surface area contributed by atoms with Crippen LogP contribution in [0.15, 0.2) is 224 Å². The molecule has 8 nitrogen and oxygen atoms in total. The average Bonchev–Trinajstić information content (AvgIpc) is 3.73. The van der Waals surface area contributed by atoms with E-state index in [2.05, 4.69) is 171 Å². The predicted octanol–water partition coefficient (Wildman–Crippen LogP) is 20.9. The van der Waals surface area contributed by atoms with Crippen LogP contribution in [0.3, 0.4) is 0 Å². The quantitative estimate of drug-likeness (QED) is 0.0698. The van der Waals surface area contributed by atoms with Crippen LogP contribution in [0, 0.1) is 17.8 Å². The first-order valence-corrected chi connectivity index (χ1v) is 32.8. The number of rotatable bonds is 20. The standard InChI is InChI=1S/C22H29NO.C20H19NO.2C19H23NO/c1-2-3-17-24-22(19-13-8-5-9-14-19)21-16-10-15-20(23-21)18-11-6-4-7-12-18;1-22-20(15-16-9-4-2-5-10-16)19-14-8-13-18(21-19)17-11-6-3-7-12-17;2*1-21-19(16-11-6-3-7-12-16)18-14-8-13-17(20-18)15-9-4-2-5-10-15/h4,6-7,10-12,15-16,19,22H,2-3,5,8-9,13-14,17H2,1H3;2-14,20H,15H2,1H3;2*2,4-5,8-10,13-14,16,19H,3,6-7,11-12H2,1H3. The number of aromatic nitrogens is 4. The second-order valence-electron chi connectivity index (χ2n) is 23.8.